The highest BCUT2D eigenvalue weighted by Gasteiger charge is 2.43. The van der Waals surface area contributed by atoms with Crippen LogP contribution >= 0.6 is 24.0 Å². The molecule has 0 unspecified atom stereocenters. The number of nitrogens with zero attached hydrogens (tertiary/aromatic N) is 1. The van der Waals surface area contributed by atoms with Crippen LogP contribution in [-0.2, 0) is 19.1 Å². The minimum absolute atomic E-state index is 0.109. The molecule has 0 N–H and O–H groups in total. The lowest BCUT2D eigenvalue weighted by molar-refractivity contribution is -0.154. The molecule has 1 aliphatic heterocycles. The van der Waals surface area contributed by atoms with Gasteiger partial charge in [-0.3, -0.25) is 14.5 Å². The third kappa shape index (κ3) is 2.41. The van der Waals surface area contributed by atoms with Crippen LogP contribution in [-0.4, -0.2) is 45.3 Å². The Balaban J connectivity index is 2.76. The van der Waals surface area contributed by atoms with Crippen LogP contribution in [0.15, 0.2) is 0 Å². The summed E-state index contributed by atoms with van der Waals surface area (Å²) in [6, 6.07) is 0. The molecule has 0 aliphatic carbocycles. The maximum absolute atomic E-state index is 11.7. The van der Waals surface area contributed by atoms with Crippen molar-refractivity contribution in [2.24, 2.45) is 0 Å². The van der Waals surface area contributed by atoms with E-state index in [0.717, 1.165) is 11.8 Å². The number of ether oxygens (including phenoxy) is 1. The van der Waals surface area contributed by atoms with Gasteiger partial charge in [0.15, 0.2) is 5.25 Å². The molecule has 1 aliphatic rings. The summed E-state index contributed by atoms with van der Waals surface area (Å²) in [4.78, 5) is 35.7. The summed E-state index contributed by atoms with van der Waals surface area (Å²) in [7, 11) is 0. The third-order valence-electron chi connectivity index (χ3n) is 1.96. The Morgan fingerprint density at radius 3 is 2.56 bits per heavy atom. The predicted molar refractivity (Wildman–Crippen MR) is 63.0 cm³/mol. The fourth-order valence-electron chi connectivity index (χ4n) is 1.21. The van der Waals surface area contributed by atoms with Crippen LogP contribution in [0.5, 0.6) is 0 Å². The van der Waals surface area contributed by atoms with Gasteiger partial charge in [0.05, 0.1) is 6.61 Å². The van der Waals surface area contributed by atoms with Gasteiger partial charge in [0, 0.05) is 6.54 Å². The molecule has 7 heteroatoms. The van der Waals surface area contributed by atoms with Gasteiger partial charge >= 0.3 is 5.97 Å². The molecule has 1 atom stereocenters. The van der Waals surface area contributed by atoms with Gasteiger partial charge in [0.25, 0.3) is 5.78 Å². The van der Waals surface area contributed by atoms with E-state index in [1.807, 2.05) is 0 Å². The number of amides is 1. The number of rotatable bonds is 4. The van der Waals surface area contributed by atoms with Crippen molar-refractivity contribution in [1.29, 1.82) is 0 Å². The fourth-order valence-corrected chi connectivity index (χ4v) is 2.69. The van der Waals surface area contributed by atoms with Crippen LogP contribution < -0.4 is 0 Å². The molecule has 1 fully saturated rings. The summed E-state index contributed by atoms with van der Waals surface area (Å²) in [6.45, 7) is 3.86. The van der Waals surface area contributed by atoms with Gasteiger partial charge in [-0.2, -0.15) is 0 Å². The van der Waals surface area contributed by atoms with Crippen molar-refractivity contribution in [2.75, 3.05) is 13.2 Å². The Bertz CT molecular complexity index is 355. The van der Waals surface area contributed by atoms with E-state index in [1.165, 1.54) is 4.90 Å². The monoisotopic (exact) mass is 261 g/mol. The minimum Gasteiger partial charge on any atom is -0.460 e. The van der Waals surface area contributed by atoms with Crippen LogP contribution in [0.2, 0.25) is 0 Å². The van der Waals surface area contributed by atoms with Crippen molar-refractivity contribution in [3.05, 3.63) is 0 Å². The molecule has 5 nitrogen and oxygen atoms in total. The van der Waals surface area contributed by atoms with Gasteiger partial charge in [-0.25, -0.2) is 4.79 Å². The Labute approximate surface area is 102 Å². The lowest BCUT2D eigenvalue weighted by Gasteiger charge is -2.11. The molecule has 1 amide bonds. The molecule has 0 aromatic heterocycles. The Morgan fingerprint density at radius 1 is 1.50 bits per heavy atom. The number of carbonyl (C=O) groups excluding carboxylic acids is 3. The minimum atomic E-state index is -1.06. The molecular weight excluding hydrogens is 250 g/mol. The SMILES string of the molecule is CCOC(=O)C(=O)[C@H]1SC(=S)N(CC)C1=O. The van der Waals surface area contributed by atoms with E-state index in [0.29, 0.717) is 10.9 Å². The molecular formula is C9H11NO4S2. The molecule has 0 aromatic carbocycles. The summed E-state index contributed by atoms with van der Waals surface area (Å²) < 4.78 is 4.88. The first-order chi connectivity index (χ1) is 7.52. The molecule has 0 spiro atoms. The molecule has 88 valence electrons. The van der Waals surface area contributed by atoms with Crippen molar-refractivity contribution < 1.29 is 19.1 Å². The maximum Gasteiger partial charge on any atom is 0.376 e. The van der Waals surface area contributed by atoms with E-state index in [4.69, 9.17) is 12.2 Å². The molecule has 16 heavy (non-hydrogen) atoms. The van der Waals surface area contributed by atoms with E-state index in [9.17, 15) is 14.4 Å². The van der Waals surface area contributed by atoms with E-state index in [1.54, 1.807) is 13.8 Å². The number of hydrogen-bond acceptors (Lipinski definition) is 6. The lowest BCUT2D eigenvalue weighted by Crippen LogP contribution is -2.37. The zero-order valence-electron chi connectivity index (χ0n) is 8.89. The highest BCUT2D eigenvalue weighted by Crippen LogP contribution is 2.27. The average Bonchev–Trinajstić information content (AvgIpc) is 2.53. The van der Waals surface area contributed by atoms with Gasteiger partial charge in [-0.05, 0) is 13.8 Å². The number of carbonyl (C=O) groups is 3. The summed E-state index contributed by atoms with van der Waals surface area (Å²) in [6.07, 6.45) is 0. The van der Waals surface area contributed by atoms with Crippen molar-refractivity contribution in [2.45, 2.75) is 19.1 Å². The van der Waals surface area contributed by atoms with Gasteiger partial charge in [0.1, 0.15) is 4.32 Å². The first-order valence-electron chi connectivity index (χ1n) is 4.75. The summed E-state index contributed by atoms with van der Waals surface area (Å²) >= 11 is 5.85. The topological polar surface area (TPSA) is 63.7 Å². The zero-order chi connectivity index (χ0) is 12.3. The van der Waals surface area contributed by atoms with Crippen molar-refractivity contribution in [3.63, 3.8) is 0 Å². The van der Waals surface area contributed by atoms with Crippen LogP contribution in [0.4, 0.5) is 0 Å². The molecule has 0 saturated carbocycles. The number of thiocarbonyl (C=S) groups is 1. The van der Waals surface area contributed by atoms with E-state index in [2.05, 4.69) is 4.74 Å². The van der Waals surface area contributed by atoms with Crippen molar-refractivity contribution in [3.8, 4) is 0 Å². The molecule has 0 radical (unpaired) electrons. The van der Waals surface area contributed by atoms with Gasteiger partial charge in [0.2, 0.25) is 5.91 Å². The Hall–Kier alpha value is -0.950. The standard InChI is InChI=1S/C9H11NO4S2/c1-3-10-7(12)6(16-9(10)15)5(11)8(13)14-4-2/h6H,3-4H2,1-2H3/t6-/m1/s1. The second kappa shape index (κ2) is 5.40. The third-order valence-corrected chi connectivity index (χ3v) is 3.54. The van der Waals surface area contributed by atoms with Gasteiger partial charge < -0.3 is 4.74 Å². The maximum atomic E-state index is 11.7. The molecule has 1 rings (SSSR count). The number of hydrogen-bond donors (Lipinski definition) is 0. The summed E-state index contributed by atoms with van der Waals surface area (Å²) in [5.74, 6) is -2.25. The fraction of sp³-hybridized carbons (Fsp3) is 0.556. The highest BCUT2D eigenvalue weighted by atomic mass is 32.2. The lowest BCUT2D eigenvalue weighted by atomic mass is 10.2. The van der Waals surface area contributed by atoms with Crippen LogP contribution in [0.3, 0.4) is 0 Å². The Kier molecular flexibility index (Phi) is 4.43. The van der Waals surface area contributed by atoms with Crippen molar-refractivity contribution >= 4 is 46.0 Å². The second-order valence-corrected chi connectivity index (χ2v) is 4.67. The summed E-state index contributed by atoms with van der Waals surface area (Å²) in [5, 5.41) is -1.06. The molecule has 1 heterocycles. The van der Waals surface area contributed by atoms with E-state index in [-0.39, 0.29) is 6.61 Å². The first kappa shape index (κ1) is 13.1. The summed E-state index contributed by atoms with van der Waals surface area (Å²) in [5.41, 5.74) is 0. The number of esters is 1. The zero-order valence-corrected chi connectivity index (χ0v) is 10.5. The van der Waals surface area contributed by atoms with Crippen molar-refractivity contribution in [1.82, 2.24) is 4.90 Å². The van der Waals surface area contributed by atoms with Crippen LogP contribution in [0.1, 0.15) is 13.8 Å². The molecule has 0 bridgehead atoms. The van der Waals surface area contributed by atoms with E-state index < -0.39 is 22.9 Å². The number of thioether (sulfide) groups is 1. The highest BCUT2D eigenvalue weighted by molar-refractivity contribution is 8.24. The van der Waals surface area contributed by atoms with Gasteiger partial charge in [-0.15, -0.1) is 0 Å². The molecule has 0 aromatic rings. The Morgan fingerprint density at radius 2 is 2.12 bits per heavy atom. The normalized spacial score (nSPS) is 20.1. The second-order valence-electron chi connectivity index (χ2n) is 2.93. The number of Topliss-reactive ketones (excluding diaryl/α,β-unsaturated/α-hetero) is 1. The predicted octanol–water partition coefficient (Wildman–Crippen LogP) is 0.367. The quantitative estimate of drug-likeness (QED) is 0.315. The van der Waals surface area contributed by atoms with Crippen LogP contribution in [0.25, 0.3) is 0 Å². The smallest absolute Gasteiger partial charge is 0.376 e. The first-order valence-corrected chi connectivity index (χ1v) is 6.04. The van der Waals surface area contributed by atoms with Crippen LogP contribution in [0, 0.1) is 0 Å². The molecule has 1 saturated heterocycles. The van der Waals surface area contributed by atoms with E-state index >= 15 is 0 Å². The number of ketones is 1. The van der Waals surface area contributed by atoms with Gasteiger partial charge in [-0.1, -0.05) is 24.0 Å². The average molecular weight is 261 g/mol. The largest absolute Gasteiger partial charge is 0.460 e.